The molecule has 0 aliphatic rings. The quantitative estimate of drug-likeness (QED) is 0.392. The number of nitrogens with zero attached hydrogens (tertiary/aromatic N) is 4. The van der Waals surface area contributed by atoms with Crippen LogP contribution in [0.3, 0.4) is 0 Å². The summed E-state index contributed by atoms with van der Waals surface area (Å²) in [6, 6.07) is 10.5. The second kappa shape index (κ2) is 7.90. The fraction of sp³-hybridized carbons (Fsp3) is 0.227. The van der Waals surface area contributed by atoms with Crippen molar-refractivity contribution in [2.45, 2.75) is 32.9 Å². The molecule has 4 rings (SSSR count). The molecule has 0 aromatic carbocycles. The van der Waals surface area contributed by atoms with Crippen molar-refractivity contribution in [1.29, 1.82) is 0 Å². The third-order valence-corrected chi connectivity index (χ3v) is 5.25. The topological polar surface area (TPSA) is 106 Å². The molecule has 4 heterocycles. The molecule has 0 unspecified atom stereocenters. The fourth-order valence-corrected chi connectivity index (χ4v) is 3.45. The summed E-state index contributed by atoms with van der Waals surface area (Å²) in [4.78, 5) is 34.8. The number of nitrogen functional groups attached to an aromatic ring is 1. The molecule has 3 N–H and O–H groups in total. The van der Waals surface area contributed by atoms with Gasteiger partial charge in [-0.15, -0.1) is 0 Å². The van der Waals surface area contributed by atoms with E-state index in [1.807, 2.05) is 26.0 Å². The van der Waals surface area contributed by atoms with Crippen LogP contribution < -0.4 is 21.2 Å². The third kappa shape index (κ3) is 3.36. The molecule has 1 amide bonds. The van der Waals surface area contributed by atoms with Gasteiger partial charge in [0.2, 0.25) is 11.5 Å². The van der Waals surface area contributed by atoms with Crippen LogP contribution in [0.1, 0.15) is 42.2 Å². The molecule has 0 radical (unpaired) electrons. The Labute approximate surface area is 173 Å². The number of nitrogens with one attached hydrogen (secondary N) is 1. The second-order valence-corrected chi connectivity index (χ2v) is 7.20. The number of rotatable bonds is 5. The minimum atomic E-state index is -0.354. The van der Waals surface area contributed by atoms with Gasteiger partial charge >= 0.3 is 0 Å². The van der Waals surface area contributed by atoms with E-state index in [1.165, 1.54) is 10.5 Å². The van der Waals surface area contributed by atoms with Crippen LogP contribution in [-0.4, -0.2) is 20.3 Å². The summed E-state index contributed by atoms with van der Waals surface area (Å²) in [5.74, 6) is -0.0689. The lowest BCUT2D eigenvalue weighted by molar-refractivity contribution is -0.683. The van der Waals surface area contributed by atoms with Gasteiger partial charge < -0.3 is 11.1 Å². The van der Waals surface area contributed by atoms with Crippen molar-refractivity contribution < 1.29 is 9.36 Å². The number of nitrogens with two attached hydrogens (primary N) is 1. The Balaban J connectivity index is 1.88. The van der Waals surface area contributed by atoms with Gasteiger partial charge in [-0.2, -0.15) is 0 Å². The Bertz CT molecular complexity index is 1300. The number of carbonyl (C=O) groups excluding carboxylic acids is 1. The van der Waals surface area contributed by atoms with E-state index in [4.69, 9.17) is 5.73 Å². The van der Waals surface area contributed by atoms with Crippen LogP contribution >= 0.6 is 0 Å². The molecule has 0 aliphatic heterocycles. The second-order valence-electron chi connectivity index (χ2n) is 7.20. The number of pyridine rings is 3. The molecule has 0 fully saturated rings. The number of aromatic nitrogens is 4. The van der Waals surface area contributed by atoms with Gasteiger partial charge in [0.05, 0.1) is 6.04 Å². The average molecular weight is 403 g/mol. The summed E-state index contributed by atoms with van der Waals surface area (Å²) >= 11 is 0. The summed E-state index contributed by atoms with van der Waals surface area (Å²) in [5.41, 5.74) is 8.31. The molecule has 1 atom stereocenters. The Hall–Kier alpha value is -3.81. The predicted octanol–water partition coefficient (Wildman–Crippen LogP) is 2.01. The highest BCUT2D eigenvalue weighted by Gasteiger charge is 2.26. The molecule has 30 heavy (non-hydrogen) atoms. The summed E-state index contributed by atoms with van der Waals surface area (Å²) in [7, 11) is 0. The zero-order valence-corrected chi connectivity index (χ0v) is 16.9. The van der Waals surface area contributed by atoms with E-state index in [-0.39, 0.29) is 28.9 Å². The van der Waals surface area contributed by atoms with Crippen LogP contribution in [0.4, 0.5) is 5.82 Å². The number of carbonyl (C=O) groups is 1. The fourth-order valence-electron chi connectivity index (χ4n) is 3.45. The maximum atomic E-state index is 13.1. The van der Waals surface area contributed by atoms with Gasteiger partial charge in [0, 0.05) is 25.1 Å². The summed E-state index contributed by atoms with van der Waals surface area (Å²) < 4.78 is 3.25. The molecular formula is C22H23N6O2+. The lowest BCUT2D eigenvalue weighted by Gasteiger charge is -2.16. The Morgan fingerprint density at radius 1 is 1.30 bits per heavy atom. The largest absolute Gasteiger partial charge is 0.348 e. The predicted molar refractivity (Wildman–Crippen MR) is 114 cm³/mol. The van der Waals surface area contributed by atoms with Gasteiger partial charge in [0.25, 0.3) is 17.1 Å². The zero-order chi connectivity index (χ0) is 21.3. The van der Waals surface area contributed by atoms with Crippen molar-refractivity contribution in [3.8, 4) is 0 Å². The molecule has 8 heteroatoms. The number of fused-ring (bicyclic) bond motifs is 2. The van der Waals surface area contributed by atoms with E-state index >= 15 is 0 Å². The van der Waals surface area contributed by atoms with Crippen molar-refractivity contribution in [3.05, 3.63) is 76.5 Å². The van der Waals surface area contributed by atoms with E-state index in [0.717, 1.165) is 12.0 Å². The van der Waals surface area contributed by atoms with E-state index in [0.29, 0.717) is 23.2 Å². The zero-order valence-electron chi connectivity index (χ0n) is 16.9. The molecule has 0 saturated carbocycles. The van der Waals surface area contributed by atoms with Crippen LogP contribution in [0, 0.1) is 0 Å². The Kier molecular flexibility index (Phi) is 5.14. The highest BCUT2D eigenvalue weighted by molar-refractivity contribution is 6.00. The summed E-state index contributed by atoms with van der Waals surface area (Å²) in [6.07, 6.45) is 5.79. The highest BCUT2D eigenvalue weighted by Crippen LogP contribution is 2.18. The Morgan fingerprint density at radius 3 is 2.87 bits per heavy atom. The van der Waals surface area contributed by atoms with Gasteiger partial charge in [-0.25, -0.2) is 4.57 Å². The number of hydrogen-bond acceptors (Lipinski definition) is 5. The van der Waals surface area contributed by atoms with Gasteiger partial charge in [0.15, 0.2) is 0 Å². The van der Waals surface area contributed by atoms with Gasteiger partial charge in [0.1, 0.15) is 10.9 Å². The molecule has 0 saturated heterocycles. The average Bonchev–Trinajstić information content (AvgIpc) is 2.77. The normalized spacial score (nSPS) is 12.2. The SMILES string of the molecule is CC[C@H](C)[n+]1c(N)c(C(=O)NCc2cccnc2)cc2c(=O)n3ccccc3nc21. The van der Waals surface area contributed by atoms with Crippen molar-refractivity contribution in [2.75, 3.05) is 5.73 Å². The first-order valence-corrected chi connectivity index (χ1v) is 9.83. The molecule has 152 valence electrons. The molecule has 4 aromatic rings. The third-order valence-electron chi connectivity index (χ3n) is 5.25. The van der Waals surface area contributed by atoms with E-state index in [1.54, 1.807) is 41.4 Å². The first kappa shape index (κ1) is 19.5. The van der Waals surface area contributed by atoms with Gasteiger partial charge in [-0.05, 0) is 43.2 Å². The maximum Gasteiger partial charge on any atom is 0.278 e. The summed E-state index contributed by atoms with van der Waals surface area (Å²) in [5, 5.41) is 3.21. The number of hydrogen-bond donors (Lipinski definition) is 2. The molecule has 8 nitrogen and oxygen atoms in total. The monoisotopic (exact) mass is 403 g/mol. The van der Waals surface area contributed by atoms with E-state index in [2.05, 4.69) is 15.3 Å². The van der Waals surface area contributed by atoms with E-state index in [9.17, 15) is 9.59 Å². The maximum absolute atomic E-state index is 13.1. The van der Waals surface area contributed by atoms with Crippen molar-refractivity contribution in [1.82, 2.24) is 19.7 Å². The molecule has 0 spiro atoms. The molecular weight excluding hydrogens is 380 g/mol. The van der Waals surface area contributed by atoms with Crippen LogP contribution in [0.25, 0.3) is 16.7 Å². The standard InChI is InChI=1S/C22H22N6O2/c1-3-14(2)28-19(23)16(21(29)25-13-15-7-6-9-24-12-15)11-17-20(28)26-18-8-4-5-10-27(18)22(17)30/h4-12,14,23H,3,13H2,1-2H3,(H,25,29)/p+1/t14-/m0/s1. The van der Waals surface area contributed by atoms with Gasteiger partial charge in [-0.1, -0.05) is 24.0 Å². The summed E-state index contributed by atoms with van der Waals surface area (Å²) in [6.45, 7) is 4.32. The van der Waals surface area contributed by atoms with Crippen LogP contribution in [0.15, 0.2) is 59.8 Å². The van der Waals surface area contributed by atoms with Crippen LogP contribution in [0.2, 0.25) is 0 Å². The first-order valence-electron chi connectivity index (χ1n) is 9.83. The first-order chi connectivity index (χ1) is 14.5. The van der Waals surface area contributed by atoms with Crippen molar-refractivity contribution in [3.63, 3.8) is 0 Å². The lowest BCUT2D eigenvalue weighted by atomic mass is 10.1. The van der Waals surface area contributed by atoms with E-state index < -0.39 is 0 Å². The Morgan fingerprint density at radius 2 is 2.13 bits per heavy atom. The number of anilines is 1. The lowest BCUT2D eigenvalue weighted by Crippen LogP contribution is -2.45. The van der Waals surface area contributed by atoms with Crippen molar-refractivity contribution in [2.24, 2.45) is 0 Å². The molecule has 4 aromatic heterocycles. The minimum absolute atomic E-state index is 0.0448. The molecule has 0 aliphatic carbocycles. The smallest absolute Gasteiger partial charge is 0.278 e. The highest BCUT2D eigenvalue weighted by atomic mass is 16.1. The van der Waals surface area contributed by atoms with Crippen molar-refractivity contribution >= 4 is 28.4 Å². The molecule has 0 bridgehead atoms. The van der Waals surface area contributed by atoms with Gasteiger partial charge in [-0.3, -0.25) is 19.0 Å². The van der Waals surface area contributed by atoms with Crippen LogP contribution in [-0.2, 0) is 6.54 Å². The van der Waals surface area contributed by atoms with Crippen LogP contribution in [0.5, 0.6) is 0 Å². The minimum Gasteiger partial charge on any atom is -0.348 e. The number of amides is 1.